The Hall–Kier alpha value is -3.85. The molecule has 9 heteroatoms. The zero-order valence-electron chi connectivity index (χ0n) is 21.1. The number of hydrogen-bond donors (Lipinski definition) is 1. The fraction of sp³-hybridized carbons (Fsp3) is 0.357. The molecule has 1 aromatic heterocycles. The van der Waals surface area contributed by atoms with Crippen LogP contribution in [0.3, 0.4) is 0 Å². The Labute approximate surface area is 215 Å². The second-order valence-corrected chi connectivity index (χ2v) is 9.30. The number of likely N-dealkylation sites (tertiary alicyclic amines) is 1. The van der Waals surface area contributed by atoms with Gasteiger partial charge in [0.2, 0.25) is 5.90 Å². The van der Waals surface area contributed by atoms with E-state index in [1.54, 1.807) is 30.2 Å². The van der Waals surface area contributed by atoms with Crippen LogP contribution in [0.2, 0.25) is 0 Å². The summed E-state index contributed by atoms with van der Waals surface area (Å²) in [6, 6.07) is 13.8. The zero-order valence-corrected chi connectivity index (χ0v) is 21.1. The number of methoxy groups -OCH3 is 1. The number of aromatic nitrogens is 1. The van der Waals surface area contributed by atoms with Crippen LogP contribution in [-0.2, 0) is 9.47 Å². The lowest BCUT2D eigenvalue weighted by Gasteiger charge is -2.31. The molecular formula is C28H30FN3O5. The fourth-order valence-corrected chi connectivity index (χ4v) is 4.24. The number of aromatic amines is 1. The van der Waals surface area contributed by atoms with Crippen molar-refractivity contribution in [2.45, 2.75) is 32.5 Å². The highest BCUT2D eigenvalue weighted by molar-refractivity contribution is 5.95. The molecule has 5 rings (SSSR count). The van der Waals surface area contributed by atoms with Crippen LogP contribution < -0.4 is 9.47 Å². The Morgan fingerprint density at radius 1 is 1.19 bits per heavy atom. The number of nitrogens with one attached hydrogen (secondary N) is 1. The van der Waals surface area contributed by atoms with Crippen LogP contribution in [0.25, 0.3) is 11.3 Å². The summed E-state index contributed by atoms with van der Waals surface area (Å²) in [4.78, 5) is 22.0. The third kappa shape index (κ3) is 5.46. The van der Waals surface area contributed by atoms with Gasteiger partial charge >= 0.3 is 0 Å². The molecule has 0 radical (unpaired) electrons. The third-order valence-corrected chi connectivity index (χ3v) is 6.22. The molecule has 37 heavy (non-hydrogen) atoms. The molecule has 3 heterocycles. The molecule has 0 saturated carbocycles. The molecule has 1 amide bonds. The van der Waals surface area contributed by atoms with Gasteiger partial charge < -0.3 is 28.8 Å². The quantitative estimate of drug-likeness (QED) is 0.439. The van der Waals surface area contributed by atoms with Gasteiger partial charge in [0.25, 0.3) is 5.91 Å². The van der Waals surface area contributed by atoms with Gasteiger partial charge in [0.15, 0.2) is 11.6 Å². The molecule has 0 spiro atoms. The van der Waals surface area contributed by atoms with Crippen LogP contribution in [0.4, 0.5) is 4.39 Å². The van der Waals surface area contributed by atoms with E-state index in [1.165, 1.54) is 12.1 Å². The summed E-state index contributed by atoms with van der Waals surface area (Å²) in [5, 5.41) is 0. The Balaban J connectivity index is 1.45. The summed E-state index contributed by atoms with van der Waals surface area (Å²) in [7, 11) is 1.61. The van der Waals surface area contributed by atoms with Gasteiger partial charge in [-0.1, -0.05) is 6.07 Å². The van der Waals surface area contributed by atoms with Crippen molar-refractivity contribution in [3.05, 3.63) is 65.6 Å². The van der Waals surface area contributed by atoms with Crippen LogP contribution >= 0.6 is 0 Å². The molecule has 3 aromatic rings. The van der Waals surface area contributed by atoms with Gasteiger partial charge in [0.1, 0.15) is 29.4 Å². The Kier molecular flexibility index (Phi) is 7.14. The highest BCUT2D eigenvalue weighted by Crippen LogP contribution is 2.34. The number of aliphatic imine (C=N–C) groups is 1. The summed E-state index contributed by atoms with van der Waals surface area (Å²) in [5.41, 5.74) is 2.32. The number of carbonyl (C=O) groups is 1. The van der Waals surface area contributed by atoms with Gasteiger partial charge in [0.05, 0.1) is 18.7 Å². The maximum Gasteiger partial charge on any atom is 0.256 e. The van der Waals surface area contributed by atoms with E-state index in [1.807, 2.05) is 32.0 Å². The Morgan fingerprint density at radius 2 is 1.97 bits per heavy atom. The van der Waals surface area contributed by atoms with Crippen molar-refractivity contribution >= 4 is 11.8 Å². The average molecular weight is 508 g/mol. The van der Waals surface area contributed by atoms with Crippen molar-refractivity contribution in [1.82, 2.24) is 9.88 Å². The number of benzene rings is 2. The minimum absolute atomic E-state index is 0.000814. The largest absolute Gasteiger partial charge is 0.488 e. The van der Waals surface area contributed by atoms with Gasteiger partial charge in [-0.25, -0.2) is 9.38 Å². The van der Waals surface area contributed by atoms with Crippen molar-refractivity contribution in [3.8, 4) is 28.5 Å². The van der Waals surface area contributed by atoms with E-state index in [-0.39, 0.29) is 29.4 Å². The average Bonchev–Trinajstić information content (AvgIpc) is 3.48. The normalized spacial score (nSPS) is 17.6. The third-order valence-electron chi connectivity index (χ3n) is 6.22. The van der Waals surface area contributed by atoms with Gasteiger partial charge in [-0.3, -0.25) is 4.79 Å². The van der Waals surface area contributed by atoms with Crippen molar-refractivity contribution in [3.63, 3.8) is 0 Å². The van der Waals surface area contributed by atoms with Crippen LogP contribution in [0.15, 0.2) is 53.5 Å². The first-order chi connectivity index (χ1) is 17.9. The van der Waals surface area contributed by atoms with E-state index < -0.39 is 5.82 Å². The predicted molar refractivity (Wildman–Crippen MR) is 137 cm³/mol. The number of H-pyrrole nitrogens is 1. The minimum Gasteiger partial charge on any atom is -0.488 e. The summed E-state index contributed by atoms with van der Waals surface area (Å²) in [6.45, 7) is 6.16. The molecule has 1 N–H and O–H groups in total. The molecule has 194 valence electrons. The topological polar surface area (TPSA) is 85.4 Å². The molecule has 1 saturated heterocycles. The van der Waals surface area contributed by atoms with Crippen molar-refractivity contribution in [1.29, 1.82) is 0 Å². The first-order valence-corrected chi connectivity index (χ1v) is 12.4. The van der Waals surface area contributed by atoms with Crippen LogP contribution in [0, 0.1) is 5.82 Å². The minimum atomic E-state index is -0.687. The van der Waals surface area contributed by atoms with Gasteiger partial charge in [0, 0.05) is 37.5 Å². The number of amides is 1. The number of nitrogens with zero attached hydrogens (tertiary/aromatic N) is 2. The highest BCUT2D eigenvalue weighted by Gasteiger charge is 2.26. The lowest BCUT2D eigenvalue weighted by molar-refractivity contribution is 0.0646. The second kappa shape index (κ2) is 10.6. The monoisotopic (exact) mass is 507 g/mol. The number of ether oxygens (including phenoxy) is 4. The molecule has 1 fully saturated rings. The first kappa shape index (κ1) is 24.8. The molecule has 0 unspecified atom stereocenters. The van der Waals surface area contributed by atoms with E-state index in [0.717, 1.165) is 23.4 Å². The Morgan fingerprint density at radius 3 is 2.68 bits per heavy atom. The SMILES string of the molecule is COC[C@H](C)Oc1cc(Oc2cccc(C(=O)N3CCC3)c2F)cc(-c2ccc(C3=NC[C@H](C)O3)[nH]2)c1. The molecular weight excluding hydrogens is 477 g/mol. The lowest BCUT2D eigenvalue weighted by atomic mass is 10.1. The maximum absolute atomic E-state index is 15.3. The van der Waals surface area contributed by atoms with E-state index in [9.17, 15) is 4.79 Å². The smallest absolute Gasteiger partial charge is 0.256 e. The Bertz CT molecular complexity index is 1320. The molecule has 0 aliphatic carbocycles. The summed E-state index contributed by atoms with van der Waals surface area (Å²) in [5.74, 6) is 0.419. The number of carbonyl (C=O) groups excluding carboxylic acids is 1. The van der Waals surface area contributed by atoms with Crippen LogP contribution in [0.1, 0.15) is 36.3 Å². The van der Waals surface area contributed by atoms with Crippen LogP contribution in [0.5, 0.6) is 17.2 Å². The second-order valence-electron chi connectivity index (χ2n) is 9.30. The predicted octanol–water partition coefficient (Wildman–Crippen LogP) is 5.04. The van der Waals surface area contributed by atoms with Crippen molar-refractivity contribution in [2.24, 2.45) is 4.99 Å². The molecule has 8 nitrogen and oxygen atoms in total. The molecule has 2 aromatic carbocycles. The standard InChI is InChI=1S/C28H30FN3O5/c1-17-15-30-27(36-17)24-9-8-23(31-24)19-12-20(35-18(2)16-34-3)14-21(13-19)37-25-7-4-6-22(26(25)29)28(33)32-10-5-11-32/h4,6-9,12-14,17-18,31H,5,10-11,15-16H2,1-3H3/t17-,18-/m0/s1. The molecule has 2 aliphatic heterocycles. The van der Waals surface area contributed by atoms with E-state index in [4.69, 9.17) is 18.9 Å². The van der Waals surface area contributed by atoms with Gasteiger partial charge in [-0.05, 0) is 56.7 Å². The zero-order chi connectivity index (χ0) is 25.9. The van der Waals surface area contributed by atoms with E-state index in [2.05, 4.69) is 9.98 Å². The maximum atomic E-state index is 15.3. The van der Waals surface area contributed by atoms with Crippen molar-refractivity contribution in [2.75, 3.05) is 33.4 Å². The fourth-order valence-electron chi connectivity index (χ4n) is 4.24. The number of halogens is 1. The molecule has 2 atom stereocenters. The summed E-state index contributed by atoms with van der Waals surface area (Å²) in [6.07, 6.45) is 0.753. The molecule has 0 bridgehead atoms. The summed E-state index contributed by atoms with van der Waals surface area (Å²) >= 11 is 0. The number of hydrogen-bond acceptors (Lipinski definition) is 6. The highest BCUT2D eigenvalue weighted by atomic mass is 19.1. The van der Waals surface area contributed by atoms with E-state index in [0.29, 0.717) is 43.6 Å². The lowest BCUT2D eigenvalue weighted by Crippen LogP contribution is -2.42. The van der Waals surface area contributed by atoms with E-state index >= 15 is 4.39 Å². The molecule has 2 aliphatic rings. The van der Waals surface area contributed by atoms with Crippen LogP contribution in [-0.4, -0.2) is 67.2 Å². The number of rotatable bonds is 9. The van der Waals surface area contributed by atoms with Gasteiger partial charge in [-0.15, -0.1) is 0 Å². The van der Waals surface area contributed by atoms with Crippen molar-refractivity contribution < 1.29 is 28.1 Å². The summed E-state index contributed by atoms with van der Waals surface area (Å²) < 4.78 is 38.3. The van der Waals surface area contributed by atoms with Gasteiger partial charge in [-0.2, -0.15) is 0 Å². The first-order valence-electron chi connectivity index (χ1n) is 12.4.